The Morgan fingerprint density at radius 1 is 1.09 bits per heavy atom. The fraction of sp³-hybridized carbons (Fsp3) is 0.154. The largest absolute Gasteiger partial charge is 0.495 e. The molecule has 0 radical (unpaired) electrons. The summed E-state index contributed by atoms with van der Waals surface area (Å²) >= 11 is 6.13. The van der Waals surface area contributed by atoms with Crippen molar-refractivity contribution >= 4 is 34.8 Å². The third kappa shape index (κ3) is 4.61. The minimum absolute atomic E-state index is 0.0165. The number of nitrogens with one attached hydrogen (secondary N) is 1. The highest BCUT2D eigenvalue weighted by Crippen LogP contribution is 2.36. The topological polar surface area (TPSA) is 85.2 Å². The van der Waals surface area contributed by atoms with E-state index < -0.39 is 0 Å². The van der Waals surface area contributed by atoms with Gasteiger partial charge in [-0.2, -0.15) is 4.68 Å². The number of rotatable bonds is 6. The third-order valence-electron chi connectivity index (χ3n) is 5.81. The van der Waals surface area contributed by atoms with Crippen LogP contribution in [0.25, 0.3) is 5.70 Å². The van der Waals surface area contributed by atoms with Gasteiger partial charge in [-0.3, -0.25) is 9.69 Å². The van der Waals surface area contributed by atoms with Gasteiger partial charge in [0.05, 0.1) is 18.5 Å². The van der Waals surface area contributed by atoms with Gasteiger partial charge in [0.2, 0.25) is 5.91 Å². The molecule has 1 N–H and O–H groups in total. The highest BCUT2D eigenvalue weighted by atomic mass is 35.5. The number of anilines is 2. The zero-order chi connectivity index (χ0) is 24.4. The maximum Gasteiger partial charge on any atom is 0.251 e. The van der Waals surface area contributed by atoms with E-state index in [9.17, 15) is 4.79 Å². The summed E-state index contributed by atoms with van der Waals surface area (Å²) in [4.78, 5) is 15.0. The van der Waals surface area contributed by atoms with Crippen molar-refractivity contribution < 1.29 is 9.53 Å². The Morgan fingerprint density at radius 2 is 1.86 bits per heavy atom. The molecular formula is C26H23ClN6O2. The van der Waals surface area contributed by atoms with E-state index in [4.69, 9.17) is 16.3 Å². The van der Waals surface area contributed by atoms with Gasteiger partial charge in [-0.05, 0) is 52.8 Å². The molecule has 4 aromatic rings. The van der Waals surface area contributed by atoms with Gasteiger partial charge < -0.3 is 10.1 Å². The number of ether oxygens (including phenoxy) is 1. The third-order valence-corrected chi connectivity index (χ3v) is 6.05. The molecule has 35 heavy (non-hydrogen) atoms. The van der Waals surface area contributed by atoms with Crippen LogP contribution in [0.5, 0.6) is 5.75 Å². The zero-order valence-electron chi connectivity index (χ0n) is 19.2. The van der Waals surface area contributed by atoms with E-state index >= 15 is 0 Å². The average molecular weight is 487 g/mol. The summed E-state index contributed by atoms with van der Waals surface area (Å²) in [6.45, 7) is 2.03. The standard InChI is InChI=1S/C26H23ClN6O2/c1-17-8-10-19(11-9-17)23-15-22(18-6-4-3-5-7-18)32(26-29-30-31-33(23)26)16-25(34)28-21-14-20(27)12-13-24(21)35-2/h3-15,23H,16H2,1-2H3,(H,28,34). The van der Waals surface area contributed by atoms with Crippen LogP contribution >= 0.6 is 11.6 Å². The molecular weight excluding hydrogens is 464 g/mol. The molecule has 5 rings (SSSR count). The van der Waals surface area contributed by atoms with Crippen LogP contribution in [0.3, 0.4) is 0 Å². The van der Waals surface area contributed by atoms with Gasteiger partial charge in [-0.25, -0.2) is 0 Å². The predicted molar refractivity (Wildman–Crippen MR) is 136 cm³/mol. The van der Waals surface area contributed by atoms with Crippen LogP contribution in [0.1, 0.15) is 22.7 Å². The van der Waals surface area contributed by atoms with E-state index in [0.29, 0.717) is 22.4 Å². The van der Waals surface area contributed by atoms with Crippen LogP contribution < -0.4 is 15.0 Å². The lowest BCUT2D eigenvalue weighted by Gasteiger charge is -2.32. The number of aryl methyl sites for hydroxylation is 1. The zero-order valence-corrected chi connectivity index (χ0v) is 20.0. The molecule has 3 aromatic carbocycles. The molecule has 8 nitrogen and oxygen atoms in total. The van der Waals surface area contributed by atoms with E-state index in [0.717, 1.165) is 16.8 Å². The lowest BCUT2D eigenvalue weighted by Crippen LogP contribution is -2.37. The summed E-state index contributed by atoms with van der Waals surface area (Å²) in [5.41, 5.74) is 4.50. The maximum absolute atomic E-state index is 13.2. The van der Waals surface area contributed by atoms with Crippen LogP contribution in [0.4, 0.5) is 11.6 Å². The summed E-state index contributed by atoms with van der Waals surface area (Å²) in [5.74, 6) is 0.727. The molecule has 0 bridgehead atoms. The Hall–Kier alpha value is -4.17. The second-order valence-corrected chi connectivity index (χ2v) is 8.61. The number of fused-ring (bicyclic) bond motifs is 1. The van der Waals surface area contributed by atoms with Crippen molar-refractivity contribution in [3.8, 4) is 5.75 Å². The maximum atomic E-state index is 13.2. The summed E-state index contributed by atoms with van der Waals surface area (Å²) in [5, 5.41) is 15.8. The van der Waals surface area contributed by atoms with E-state index in [1.165, 1.54) is 5.56 Å². The second kappa shape index (κ2) is 9.60. The molecule has 1 aliphatic rings. The molecule has 1 aromatic heterocycles. The highest BCUT2D eigenvalue weighted by Gasteiger charge is 2.32. The van der Waals surface area contributed by atoms with Gasteiger partial charge in [-0.15, -0.1) is 0 Å². The number of hydrogen-bond acceptors (Lipinski definition) is 6. The normalized spacial score (nSPS) is 14.8. The van der Waals surface area contributed by atoms with Crippen molar-refractivity contribution in [3.63, 3.8) is 0 Å². The molecule has 1 atom stereocenters. The quantitative estimate of drug-likeness (QED) is 0.424. The van der Waals surface area contributed by atoms with E-state index in [2.05, 4.69) is 51.2 Å². The van der Waals surface area contributed by atoms with Crippen LogP contribution in [0.2, 0.25) is 5.02 Å². The van der Waals surface area contributed by atoms with Crippen molar-refractivity contribution in [2.75, 3.05) is 23.9 Å². The second-order valence-electron chi connectivity index (χ2n) is 8.18. The Balaban J connectivity index is 1.52. The summed E-state index contributed by atoms with van der Waals surface area (Å²) in [6, 6.07) is 23.0. The van der Waals surface area contributed by atoms with Crippen LogP contribution in [-0.4, -0.2) is 39.8 Å². The fourth-order valence-corrected chi connectivity index (χ4v) is 4.27. The molecule has 0 saturated heterocycles. The van der Waals surface area contributed by atoms with E-state index in [1.54, 1.807) is 30.0 Å². The number of nitrogens with zero attached hydrogens (tertiary/aromatic N) is 5. The highest BCUT2D eigenvalue weighted by molar-refractivity contribution is 6.31. The number of methoxy groups -OCH3 is 1. The van der Waals surface area contributed by atoms with Gasteiger partial charge in [0, 0.05) is 5.02 Å². The van der Waals surface area contributed by atoms with Crippen LogP contribution in [-0.2, 0) is 4.79 Å². The number of aromatic nitrogens is 4. The average Bonchev–Trinajstić information content (AvgIpc) is 3.36. The molecule has 0 saturated carbocycles. The van der Waals surface area contributed by atoms with Crippen molar-refractivity contribution in [2.45, 2.75) is 13.0 Å². The Labute approximate surface area is 207 Å². The van der Waals surface area contributed by atoms with Crippen molar-refractivity contribution in [1.29, 1.82) is 0 Å². The number of allylic oxidation sites excluding steroid dienone is 1. The monoisotopic (exact) mass is 486 g/mol. The summed E-state index contributed by atoms with van der Waals surface area (Å²) in [6.07, 6.45) is 2.08. The minimum atomic E-state index is -0.268. The molecule has 1 aliphatic heterocycles. The fourth-order valence-electron chi connectivity index (χ4n) is 4.09. The van der Waals surface area contributed by atoms with E-state index in [1.807, 2.05) is 42.2 Å². The molecule has 1 amide bonds. The smallest absolute Gasteiger partial charge is 0.251 e. The summed E-state index contributed by atoms with van der Waals surface area (Å²) in [7, 11) is 1.54. The molecule has 2 heterocycles. The van der Waals surface area contributed by atoms with Crippen molar-refractivity contribution in [2.24, 2.45) is 0 Å². The number of carbonyl (C=O) groups is 1. The van der Waals surface area contributed by atoms with Gasteiger partial charge in [0.25, 0.3) is 5.95 Å². The Kier molecular flexibility index (Phi) is 6.20. The molecule has 1 unspecified atom stereocenters. The molecule has 0 spiro atoms. The molecule has 176 valence electrons. The SMILES string of the molecule is COc1ccc(Cl)cc1NC(=O)CN1C(c2ccccc2)=CC(c2ccc(C)cc2)n2nnnc21. The molecule has 0 fully saturated rings. The number of amides is 1. The molecule has 9 heteroatoms. The number of carbonyl (C=O) groups excluding carboxylic acids is 1. The lowest BCUT2D eigenvalue weighted by molar-refractivity contribution is -0.114. The van der Waals surface area contributed by atoms with Gasteiger partial charge >= 0.3 is 0 Å². The Morgan fingerprint density at radius 3 is 2.60 bits per heavy atom. The van der Waals surface area contributed by atoms with Gasteiger partial charge in [0.15, 0.2) is 0 Å². The first-order valence-corrected chi connectivity index (χ1v) is 11.4. The van der Waals surface area contributed by atoms with E-state index in [-0.39, 0.29) is 18.5 Å². The Bertz CT molecular complexity index is 1380. The van der Waals surface area contributed by atoms with Gasteiger partial charge in [-0.1, -0.05) is 76.9 Å². The lowest BCUT2D eigenvalue weighted by atomic mass is 10.00. The first-order chi connectivity index (χ1) is 17.0. The summed E-state index contributed by atoms with van der Waals surface area (Å²) < 4.78 is 7.09. The van der Waals surface area contributed by atoms with Crippen LogP contribution in [0, 0.1) is 6.92 Å². The molecule has 0 aliphatic carbocycles. The number of tetrazole rings is 1. The first kappa shape index (κ1) is 22.6. The van der Waals surface area contributed by atoms with Crippen molar-refractivity contribution in [1.82, 2.24) is 20.2 Å². The minimum Gasteiger partial charge on any atom is -0.495 e. The van der Waals surface area contributed by atoms with Crippen molar-refractivity contribution in [3.05, 3.63) is 101 Å². The number of hydrogen-bond donors (Lipinski definition) is 1. The van der Waals surface area contributed by atoms with Gasteiger partial charge in [0.1, 0.15) is 18.3 Å². The first-order valence-electron chi connectivity index (χ1n) is 11.1. The number of halogens is 1. The predicted octanol–water partition coefficient (Wildman–Crippen LogP) is 4.73. The van der Waals surface area contributed by atoms with Crippen LogP contribution in [0.15, 0.2) is 78.9 Å². The number of benzene rings is 3.